The average Bonchev–Trinajstić information content (AvgIpc) is 3.03. The van der Waals surface area contributed by atoms with Crippen molar-refractivity contribution < 1.29 is 5.21 Å². The Morgan fingerprint density at radius 3 is 2.96 bits per heavy atom. The van der Waals surface area contributed by atoms with Crippen molar-refractivity contribution in [3.63, 3.8) is 0 Å². The highest BCUT2D eigenvalue weighted by atomic mass is 35.5. The number of pyridine rings is 1. The Morgan fingerprint density at radius 2 is 2.30 bits per heavy atom. The van der Waals surface area contributed by atoms with Crippen molar-refractivity contribution in [2.75, 3.05) is 0 Å². The summed E-state index contributed by atoms with van der Waals surface area (Å²) in [7, 11) is 0. The quantitative estimate of drug-likeness (QED) is 0.379. The molecule has 2 heterocycles. The van der Waals surface area contributed by atoms with Gasteiger partial charge in [-0.05, 0) is 40.9 Å². The smallest absolute Gasteiger partial charge is 0.213 e. The van der Waals surface area contributed by atoms with Crippen molar-refractivity contribution in [3.8, 4) is 0 Å². The molecule has 0 amide bonds. The van der Waals surface area contributed by atoms with Crippen LogP contribution in [0.4, 0.5) is 0 Å². The van der Waals surface area contributed by atoms with Crippen LogP contribution in [0.2, 0.25) is 0 Å². The summed E-state index contributed by atoms with van der Waals surface area (Å²) >= 11 is 1.61. The zero-order valence-electron chi connectivity index (χ0n) is 12.5. The molecular weight excluding hydrogens is 334 g/mol. The fourth-order valence-electron chi connectivity index (χ4n) is 2.88. The molecule has 8 heteroatoms. The maximum Gasteiger partial charge on any atom is 0.213 e. The zero-order valence-corrected chi connectivity index (χ0v) is 14.1. The summed E-state index contributed by atoms with van der Waals surface area (Å²) in [4.78, 5) is 8.74. The lowest BCUT2D eigenvalue weighted by atomic mass is 9.77. The summed E-state index contributed by atoms with van der Waals surface area (Å²) in [6, 6.07) is 3.41. The van der Waals surface area contributed by atoms with Crippen LogP contribution in [0.5, 0.6) is 0 Å². The molecule has 23 heavy (non-hydrogen) atoms. The Kier molecular flexibility index (Phi) is 5.35. The average molecular weight is 352 g/mol. The van der Waals surface area contributed by atoms with Gasteiger partial charge in [0.25, 0.3) is 0 Å². The van der Waals surface area contributed by atoms with E-state index < -0.39 is 6.04 Å². The predicted octanol–water partition coefficient (Wildman–Crippen LogP) is 2.57. The first kappa shape index (κ1) is 17.4. The van der Waals surface area contributed by atoms with Crippen LogP contribution in [0.15, 0.2) is 34.1 Å². The van der Waals surface area contributed by atoms with Crippen molar-refractivity contribution in [3.05, 3.63) is 51.5 Å². The van der Waals surface area contributed by atoms with E-state index in [0.29, 0.717) is 12.1 Å². The number of aromatic nitrogens is 1. The van der Waals surface area contributed by atoms with Gasteiger partial charge in [0.05, 0.1) is 0 Å². The first-order valence-corrected chi connectivity index (χ1v) is 7.84. The van der Waals surface area contributed by atoms with Gasteiger partial charge in [0.15, 0.2) is 0 Å². The predicted molar refractivity (Wildman–Crippen MR) is 94.0 cm³/mol. The minimum Gasteiger partial charge on any atom is -0.368 e. The Morgan fingerprint density at radius 1 is 1.52 bits per heavy atom. The van der Waals surface area contributed by atoms with Crippen molar-refractivity contribution in [1.82, 2.24) is 10.5 Å². The molecule has 0 aliphatic heterocycles. The van der Waals surface area contributed by atoms with Crippen LogP contribution in [0.25, 0.3) is 0 Å². The summed E-state index contributed by atoms with van der Waals surface area (Å²) in [5, 5.41) is 21.6. The van der Waals surface area contributed by atoms with Crippen molar-refractivity contribution in [2.45, 2.75) is 25.3 Å². The highest BCUT2D eigenvalue weighted by Gasteiger charge is 2.35. The third kappa shape index (κ3) is 3.21. The number of hydroxylamine groups is 1. The lowest BCUT2D eigenvalue weighted by Crippen LogP contribution is -2.34. The fraction of sp³-hybridized carbons (Fsp3) is 0.267. The molecule has 0 spiro atoms. The van der Waals surface area contributed by atoms with Crippen molar-refractivity contribution >= 4 is 35.4 Å². The van der Waals surface area contributed by atoms with E-state index in [0.717, 1.165) is 22.4 Å². The lowest BCUT2D eigenvalue weighted by Gasteiger charge is -2.30. The van der Waals surface area contributed by atoms with Gasteiger partial charge in [0, 0.05) is 35.5 Å². The molecule has 1 aliphatic rings. The second-order valence-corrected chi connectivity index (χ2v) is 6.07. The number of nitrogens with one attached hydrogen (secondary N) is 2. The number of guanidine groups is 1. The Hall–Kier alpha value is -1.96. The molecule has 3 rings (SSSR count). The van der Waals surface area contributed by atoms with E-state index in [9.17, 15) is 0 Å². The molecule has 6 nitrogen and oxygen atoms in total. The molecule has 2 atom stereocenters. The largest absolute Gasteiger partial charge is 0.368 e. The second kappa shape index (κ2) is 7.08. The lowest BCUT2D eigenvalue weighted by molar-refractivity contribution is 0.232. The van der Waals surface area contributed by atoms with Gasteiger partial charge in [-0.1, -0.05) is 0 Å². The highest BCUT2D eigenvalue weighted by Crippen LogP contribution is 2.39. The molecule has 1 aliphatic carbocycles. The van der Waals surface area contributed by atoms with Gasteiger partial charge < -0.3 is 11.1 Å². The van der Waals surface area contributed by atoms with Crippen LogP contribution in [-0.2, 0) is 6.42 Å². The van der Waals surface area contributed by atoms with Crippen molar-refractivity contribution in [1.29, 1.82) is 5.41 Å². The van der Waals surface area contributed by atoms with Gasteiger partial charge in [-0.25, -0.2) is 10.5 Å². The molecule has 2 aromatic rings. The number of aryl methyl sites for hydroxylation is 1. The molecule has 0 saturated carbocycles. The zero-order chi connectivity index (χ0) is 15.7. The summed E-state index contributed by atoms with van der Waals surface area (Å²) in [5.41, 5.74) is 11.9. The second-order valence-electron chi connectivity index (χ2n) is 5.29. The minimum absolute atomic E-state index is 0. The Balaban J connectivity index is 0.00000192. The first-order valence-electron chi connectivity index (χ1n) is 6.90. The molecule has 5 N–H and O–H groups in total. The topological polar surface area (TPSA) is 107 Å². The van der Waals surface area contributed by atoms with E-state index >= 15 is 0 Å². The molecule has 0 fully saturated rings. The van der Waals surface area contributed by atoms with E-state index in [1.165, 1.54) is 0 Å². The van der Waals surface area contributed by atoms with Gasteiger partial charge in [0.2, 0.25) is 5.96 Å². The van der Waals surface area contributed by atoms with Crippen molar-refractivity contribution in [2.24, 2.45) is 10.7 Å². The number of nitrogens with zero attached hydrogens (tertiary/aromatic N) is 2. The normalized spacial score (nSPS) is 20.6. The molecule has 0 saturated heterocycles. The minimum atomic E-state index is -0.526. The Bertz CT molecular complexity index is 731. The number of aliphatic imine (C=N–C) groups is 1. The molecule has 0 radical (unpaired) electrons. The Labute approximate surface area is 144 Å². The summed E-state index contributed by atoms with van der Waals surface area (Å²) in [5.74, 6) is -0.164. The van der Waals surface area contributed by atoms with E-state index in [-0.39, 0.29) is 24.3 Å². The number of nitrogens with two attached hydrogens (primary N) is 1. The molecular formula is C15H18ClN5OS. The van der Waals surface area contributed by atoms with Crippen LogP contribution in [0.1, 0.15) is 34.3 Å². The monoisotopic (exact) mass is 351 g/mol. The van der Waals surface area contributed by atoms with E-state index in [1.54, 1.807) is 17.5 Å². The standard InChI is InChI=1S/C15H17N5OS.ClH/c1-8-2-4-18-11-6-10(9-3-5-22-7-9)13(16)14(12(8)11)19-15(17)20-21;/h2-5,7,10,14,16,21H,6H2,1H3,(H3,17,19,20);1H. The maximum atomic E-state index is 8.93. The number of halogens is 1. The van der Waals surface area contributed by atoms with E-state index in [1.807, 2.05) is 29.9 Å². The SMILES string of the molecule is Cc1ccnc2c1C(N=C(N)NO)C(=N)C(c1ccsc1)C2.Cl. The van der Waals surface area contributed by atoms with Crippen LogP contribution < -0.4 is 11.2 Å². The van der Waals surface area contributed by atoms with Crippen LogP contribution >= 0.6 is 23.7 Å². The van der Waals surface area contributed by atoms with Gasteiger partial charge in [-0.2, -0.15) is 11.3 Å². The number of rotatable bonds is 2. The molecule has 0 aromatic carbocycles. The molecule has 0 bridgehead atoms. The molecule has 2 aromatic heterocycles. The van der Waals surface area contributed by atoms with Gasteiger partial charge in [-0.3, -0.25) is 10.2 Å². The highest BCUT2D eigenvalue weighted by molar-refractivity contribution is 7.08. The maximum absolute atomic E-state index is 8.93. The molecule has 122 valence electrons. The van der Waals surface area contributed by atoms with Crippen LogP contribution in [0.3, 0.4) is 0 Å². The van der Waals surface area contributed by atoms with Crippen LogP contribution in [-0.4, -0.2) is 21.9 Å². The number of fused-ring (bicyclic) bond motifs is 1. The number of thiophene rings is 1. The number of hydrogen-bond donors (Lipinski definition) is 4. The third-order valence-electron chi connectivity index (χ3n) is 3.96. The van der Waals surface area contributed by atoms with Gasteiger partial charge in [-0.15, -0.1) is 12.4 Å². The molecule has 2 unspecified atom stereocenters. The van der Waals surface area contributed by atoms with Gasteiger partial charge >= 0.3 is 0 Å². The number of hydrogen-bond acceptors (Lipinski definition) is 5. The van der Waals surface area contributed by atoms with Gasteiger partial charge in [0.1, 0.15) is 6.04 Å². The van der Waals surface area contributed by atoms with E-state index in [2.05, 4.69) is 15.4 Å². The van der Waals surface area contributed by atoms with Crippen LogP contribution in [0, 0.1) is 12.3 Å². The van der Waals surface area contributed by atoms with E-state index in [4.69, 9.17) is 16.4 Å². The third-order valence-corrected chi connectivity index (χ3v) is 4.66. The summed E-state index contributed by atoms with van der Waals surface area (Å²) < 4.78 is 0. The fourth-order valence-corrected chi connectivity index (χ4v) is 3.60. The summed E-state index contributed by atoms with van der Waals surface area (Å²) in [6.07, 6.45) is 2.47. The first-order chi connectivity index (χ1) is 10.6. The summed E-state index contributed by atoms with van der Waals surface area (Å²) in [6.45, 7) is 1.98.